The first-order valence-corrected chi connectivity index (χ1v) is 6.71. The number of nitrogens with zero attached hydrogens (tertiary/aromatic N) is 1. The Morgan fingerprint density at radius 1 is 1.20 bits per heavy atom. The molecule has 20 heavy (non-hydrogen) atoms. The third-order valence-corrected chi connectivity index (χ3v) is 3.13. The lowest BCUT2D eigenvalue weighted by Gasteiger charge is -2.12. The molecule has 0 saturated carbocycles. The van der Waals surface area contributed by atoms with Crippen molar-refractivity contribution in [2.24, 2.45) is 0 Å². The van der Waals surface area contributed by atoms with Gasteiger partial charge in [0.25, 0.3) is 0 Å². The number of rotatable bonds is 2. The zero-order valence-electron chi connectivity index (χ0n) is 10.8. The molecule has 100 valence electrons. The largest absolute Gasteiger partial charge is 0.332 e. The molecule has 0 heterocycles. The van der Waals surface area contributed by atoms with Crippen LogP contribution in [0.5, 0.6) is 0 Å². The van der Waals surface area contributed by atoms with Crippen LogP contribution in [-0.2, 0) is 0 Å². The Morgan fingerprint density at radius 2 is 2.00 bits per heavy atom. The van der Waals surface area contributed by atoms with Crippen LogP contribution in [0.25, 0.3) is 0 Å². The first kappa shape index (κ1) is 14.3. The van der Waals surface area contributed by atoms with Gasteiger partial charge < -0.3 is 10.6 Å². The smallest absolute Gasteiger partial charge is 0.175 e. The number of nitrogens with one attached hydrogen (secondary N) is 2. The molecule has 0 bridgehead atoms. The van der Waals surface area contributed by atoms with Gasteiger partial charge in [0.2, 0.25) is 0 Å². The summed E-state index contributed by atoms with van der Waals surface area (Å²) in [5, 5.41) is 16.2. The second kappa shape index (κ2) is 6.38. The molecule has 2 aromatic rings. The Bertz CT molecular complexity index is 692. The predicted octanol–water partition coefficient (Wildman–Crippen LogP) is 4.33. The standard InChI is InChI=1S/C15H12ClN3S/c1-10-7-12(16)5-6-14(10)19-15(20)18-13-4-2-3-11(8-13)9-17/h2-8H,1H3,(H2,18,19,20). The molecule has 0 unspecified atom stereocenters. The number of halogens is 1. The highest BCUT2D eigenvalue weighted by molar-refractivity contribution is 7.80. The van der Waals surface area contributed by atoms with E-state index in [1.165, 1.54) is 0 Å². The summed E-state index contributed by atoms with van der Waals surface area (Å²) in [7, 11) is 0. The lowest BCUT2D eigenvalue weighted by molar-refractivity contribution is 1.45. The highest BCUT2D eigenvalue weighted by Gasteiger charge is 2.03. The lowest BCUT2D eigenvalue weighted by Crippen LogP contribution is -2.19. The molecule has 2 N–H and O–H groups in total. The van der Waals surface area contributed by atoms with Crippen LogP contribution in [-0.4, -0.2) is 5.11 Å². The third-order valence-electron chi connectivity index (χ3n) is 2.69. The Kier molecular flexibility index (Phi) is 4.57. The van der Waals surface area contributed by atoms with E-state index in [1.807, 2.05) is 25.1 Å². The molecule has 0 radical (unpaired) electrons. The average molecular weight is 302 g/mol. The summed E-state index contributed by atoms with van der Waals surface area (Å²) in [5.74, 6) is 0. The molecule has 5 heteroatoms. The van der Waals surface area contributed by atoms with Crippen molar-refractivity contribution >= 4 is 40.3 Å². The number of anilines is 2. The molecule has 0 aliphatic heterocycles. The van der Waals surface area contributed by atoms with E-state index in [1.54, 1.807) is 24.3 Å². The number of nitriles is 1. The van der Waals surface area contributed by atoms with Gasteiger partial charge in [-0.05, 0) is 61.1 Å². The summed E-state index contributed by atoms with van der Waals surface area (Å²) >= 11 is 11.2. The molecule has 3 nitrogen and oxygen atoms in total. The highest BCUT2D eigenvalue weighted by atomic mass is 35.5. The molecule has 0 aliphatic rings. The second-order valence-electron chi connectivity index (χ2n) is 4.23. The van der Waals surface area contributed by atoms with Gasteiger partial charge in [0.1, 0.15) is 0 Å². The van der Waals surface area contributed by atoms with Gasteiger partial charge in [-0.25, -0.2) is 0 Å². The molecule has 0 saturated heterocycles. The molecule has 2 rings (SSSR count). The van der Waals surface area contributed by atoms with Gasteiger partial charge in [-0.15, -0.1) is 0 Å². The number of benzene rings is 2. The fourth-order valence-corrected chi connectivity index (χ4v) is 2.17. The molecule has 0 atom stereocenters. The number of hydrogen-bond donors (Lipinski definition) is 2. The van der Waals surface area contributed by atoms with E-state index in [0.717, 1.165) is 16.9 Å². The number of aryl methyl sites for hydroxylation is 1. The van der Waals surface area contributed by atoms with Crippen LogP contribution in [0.3, 0.4) is 0 Å². The average Bonchev–Trinajstić information content (AvgIpc) is 2.42. The van der Waals surface area contributed by atoms with Crippen LogP contribution in [0, 0.1) is 18.3 Å². The first-order chi connectivity index (χ1) is 9.58. The second-order valence-corrected chi connectivity index (χ2v) is 5.08. The zero-order valence-corrected chi connectivity index (χ0v) is 12.3. The molecular weight excluding hydrogens is 290 g/mol. The Labute approximate surface area is 128 Å². The van der Waals surface area contributed by atoms with Crippen molar-refractivity contribution in [3.63, 3.8) is 0 Å². The quantitative estimate of drug-likeness (QED) is 0.811. The maximum atomic E-state index is 8.86. The maximum Gasteiger partial charge on any atom is 0.175 e. The van der Waals surface area contributed by atoms with E-state index in [4.69, 9.17) is 29.1 Å². The summed E-state index contributed by atoms with van der Waals surface area (Å²) < 4.78 is 0. The van der Waals surface area contributed by atoms with Crippen LogP contribution in [0.2, 0.25) is 5.02 Å². The van der Waals surface area contributed by atoms with Crippen molar-refractivity contribution in [1.82, 2.24) is 0 Å². The van der Waals surface area contributed by atoms with E-state index in [0.29, 0.717) is 15.7 Å². The van der Waals surface area contributed by atoms with Crippen molar-refractivity contribution in [2.45, 2.75) is 6.92 Å². The molecule has 0 aromatic heterocycles. The fourth-order valence-electron chi connectivity index (χ4n) is 1.72. The minimum absolute atomic E-state index is 0.463. The molecule has 0 fully saturated rings. The molecule has 0 amide bonds. The van der Waals surface area contributed by atoms with Gasteiger partial charge in [-0.2, -0.15) is 5.26 Å². The van der Waals surface area contributed by atoms with Crippen LogP contribution in [0.4, 0.5) is 11.4 Å². The number of hydrogen-bond acceptors (Lipinski definition) is 2. The van der Waals surface area contributed by atoms with Crippen molar-refractivity contribution in [3.05, 3.63) is 58.6 Å². The van der Waals surface area contributed by atoms with Gasteiger partial charge >= 0.3 is 0 Å². The monoisotopic (exact) mass is 301 g/mol. The van der Waals surface area contributed by atoms with Gasteiger partial charge in [-0.1, -0.05) is 17.7 Å². The van der Waals surface area contributed by atoms with E-state index in [-0.39, 0.29) is 0 Å². The van der Waals surface area contributed by atoms with Crippen LogP contribution >= 0.6 is 23.8 Å². The SMILES string of the molecule is Cc1cc(Cl)ccc1NC(=S)Nc1cccc(C#N)c1. The summed E-state index contributed by atoms with van der Waals surface area (Å²) in [6.45, 7) is 1.95. The Morgan fingerprint density at radius 3 is 2.70 bits per heavy atom. The Balaban J connectivity index is 2.07. The van der Waals surface area contributed by atoms with Crippen LogP contribution in [0.15, 0.2) is 42.5 Å². The Hall–Kier alpha value is -2.09. The zero-order chi connectivity index (χ0) is 14.5. The molecular formula is C15H12ClN3S. The van der Waals surface area contributed by atoms with Gasteiger partial charge in [-0.3, -0.25) is 0 Å². The van der Waals surface area contributed by atoms with E-state index < -0.39 is 0 Å². The lowest BCUT2D eigenvalue weighted by atomic mass is 10.2. The molecule has 2 aromatic carbocycles. The van der Waals surface area contributed by atoms with Crippen molar-refractivity contribution < 1.29 is 0 Å². The molecule has 0 spiro atoms. The van der Waals surface area contributed by atoms with E-state index in [9.17, 15) is 0 Å². The van der Waals surface area contributed by atoms with Crippen molar-refractivity contribution in [1.29, 1.82) is 5.26 Å². The highest BCUT2D eigenvalue weighted by Crippen LogP contribution is 2.20. The fraction of sp³-hybridized carbons (Fsp3) is 0.0667. The predicted molar refractivity (Wildman–Crippen MR) is 87.2 cm³/mol. The topological polar surface area (TPSA) is 47.8 Å². The first-order valence-electron chi connectivity index (χ1n) is 5.93. The third kappa shape index (κ3) is 3.70. The van der Waals surface area contributed by atoms with Crippen LogP contribution < -0.4 is 10.6 Å². The summed E-state index contributed by atoms with van der Waals surface area (Å²) in [5.41, 5.74) is 3.25. The van der Waals surface area contributed by atoms with Gasteiger partial charge in [0, 0.05) is 16.4 Å². The summed E-state index contributed by atoms with van der Waals surface area (Å²) in [6.07, 6.45) is 0. The number of thiocarbonyl (C=S) groups is 1. The van der Waals surface area contributed by atoms with Crippen molar-refractivity contribution in [3.8, 4) is 6.07 Å². The van der Waals surface area contributed by atoms with E-state index in [2.05, 4.69) is 16.7 Å². The van der Waals surface area contributed by atoms with Gasteiger partial charge in [0.15, 0.2) is 5.11 Å². The van der Waals surface area contributed by atoms with Gasteiger partial charge in [0.05, 0.1) is 11.6 Å². The van der Waals surface area contributed by atoms with E-state index >= 15 is 0 Å². The molecule has 0 aliphatic carbocycles. The van der Waals surface area contributed by atoms with Crippen molar-refractivity contribution in [2.75, 3.05) is 10.6 Å². The normalized spacial score (nSPS) is 9.65. The minimum Gasteiger partial charge on any atom is -0.332 e. The maximum absolute atomic E-state index is 8.86. The minimum atomic E-state index is 0.463. The van der Waals surface area contributed by atoms with Crippen LogP contribution in [0.1, 0.15) is 11.1 Å². The summed E-state index contributed by atoms with van der Waals surface area (Å²) in [4.78, 5) is 0. The summed E-state index contributed by atoms with van der Waals surface area (Å²) in [6, 6.07) is 14.8.